The van der Waals surface area contributed by atoms with Gasteiger partial charge in [-0.3, -0.25) is 10.1 Å². The van der Waals surface area contributed by atoms with Crippen molar-refractivity contribution in [3.8, 4) is 0 Å². The molecule has 22 heavy (non-hydrogen) atoms. The third-order valence-corrected chi connectivity index (χ3v) is 4.01. The molecule has 0 spiro atoms. The first-order valence-electron chi connectivity index (χ1n) is 7.15. The fourth-order valence-electron chi connectivity index (χ4n) is 2.44. The number of nitrogens with one attached hydrogen (secondary N) is 1. The van der Waals surface area contributed by atoms with Gasteiger partial charge in [-0.1, -0.05) is 35.9 Å². The van der Waals surface area contributed by atoms with Crippen LogP contribution in [0, 0.1) is 17.0 Å². The molecular formula is C17H19ClN2O2. The van der Waals surface area contributed by atoms with Gasteiger partial charge in [0.2, 0.25) is 0 Å². The molecule has 2 unspecified atom stereocenters. The van der Waals surface area contributed by atoms with Gasteiger partial charge < -0.3 is 5.32 Å². The summed E-state index contributed by atoms with van der Waals surface area (Å²) in [6.45, 7) is 5.79. The van der Waals surface area contributed by atoms with Crippen LogP contribution < -0.4 is 5.32 Å². The number of hydrogen-bond donors (Lipinski definition) is 1. The third kappa shape index (κ3) is 3.84. The Morgan fingerprint density at radius 3 is 2.32 bits per heavy atom. The second-order valence-corrected chi connectivity index (χ2v) is 5.90. The number of rotatable bonds is 5. The molecule has 0 aromatic heterocycles. The Labute approximate surface area is 135 Å². The van der Waals surface area contributed by atoms with Crippen LogP contribution in [-0.4, -0.2) is 4.92 Å². The quantitative estimate of drug-likeness (QED) is 0.625. The molecule has 2 rings (SSSR count). The van der Waals surface area contributed by atoms with Crippen molar-refractivity contribution in [2.75, 3.05) is 0 Å². The number of halogens is 1. The summed E-state index contributed by atoms with van der Waals surface area (Å²) in [6, 6.07) is 13.1. The van der Waals surface area contributed by atoms with Crippen LogP contribution in [0.4, 0.5) is 5.69 Å². The Balaban J connectivity index is 2.16. The van der Waals surface area contributed by atoms with Crippen LogP contribution in [0.25, 0.3) is 0 Å². The average Bonchev–Trinajstić information content (AvgIpc) is 2.47. The van der Waals surface area contributed by atoms with Gasteiger partial charge in [0.05, 0.1) is 4.92 Å². The summed E-state index contributed by atoms with van der Waals surface area (Å²) >= 11 is 6.01. The third-order valence-electron chi connectivity index (χ3n) is 3.78. The van der Waals surface area contributed by atoms with Crippen molar-refractivity contribution in [2.45, 2.75) is 32.9 Å². The van der Waals surface area contributed by atoms with Crippen LogP contribution in [0.3, 0.4) is 0 Å². The number of nitro benzene ring substituents is 1. The number of nitro groups is 1. The molecule has 0 fully saturated rings. The van der Waals surface area contributed by atoms with Gasteiger partial charge in [-0.05, 0) is 44.0 Å². The zero-order chi connectivity index (χ0) is 16.3. The van der Waals surface area contributed by atoms with Gasteiger partial charge in [0, 0.05) is 28.7 Å². The molecule has 2 aromatic rings. The van der Waals surface area contributed by atoms with Crippen molar-refractivity contribution in [3.05, 3.63) is 74.3 Å². The van der Waals surface area contributed by atoms with E-state index >= 15 is 0 Å². The minimum Gasteiger partial charge on any atom is -0.304 e. The maximum absolute atomic E-state index is 11.0. The Morgan fingerprint density at radius 1 is 1.09 bits per heavy atom. The van der Waals surface area contributed by atoms with Gasteiger partial charge >= 0.3 is 0 Å². The van der Waals surface area contributed by atoms with Gasteiger partial charge in [-0.15, -0.1) is 0 Å². The van der Waals surface area contributed by atoms with Crippen molar-refractivity contribution in [1.82, 2.24) is 5.32 Å². The van der Waals surface area contributed by atoms with E-state index in [4.69, 9.17) is 11.6 Å². The lowest BCUT2D eigenvalue weighted by Crippen LogP contribution is -2.22. The van der Waals surface area contributed by atoms with Gasteiger partial charge in [-0.25, -0.2) is 0 Å². The molecule has 0 heterocycles. The fourth-order valence-corrected chi connectivity index (χ4v) is 2.63. The average molecular weight is 319 g/mol. The number of aryl methyl sites for hydroxylation is 1. The van der Waals surface area contributed by atoms with E-state index in [0.717, 1.165) is 11.1 Å². The minimum absolute atomic E-state index is 0.00622. The van der Waals surface area contributed by atoms with Crippen molar-refractivity contribution in [3.63, 3.8) is 0 Å². The van der Waals surface area contributed by atoms with Crippen molar-refractivity contribution in [1.29, 1.82) is 0 Å². The van der Waals surface area contributed by atoms with Crippen LogP contribution in [-0.2, 0) is 0 Å². The lowest BCUT2D eigenvalue weighted by molar-refractivity contribution is -0.385. The Bertz CT molecular complexity index is 688. The largest absolute Gasteiger partial charge is 0.304 e. The summed E-state index contributed by atoms with van der Waals surface area (Å²) in [7, 11) is 0. The van der Waals surface area contributed by atoms with E-state index in [1.807, 2.05) is 44.2 Å². The molecule has 0 aliphatic carbocycles. The highest BCUT2D eigenvalue weighted by atomic mass is 35.5. The Hall–Kier alpha value is -1.91. The second kappa shape index (κ2) is 6.90. The molecule has 0 saturated carbocycles. The van der Waals surface area contributed by atoms with Crippen molar-refractivity contribution in [2.24, 2.45) is 0 Å². The maximum Gasteiger partial charge on any atom is 0.272 e. The second-order valence-electron chi connectivity index (χ2n) is 5.47. The monoisotopic (exact) mass is 318 g/mol. The van der Waals surface area contributed by atoms with Crippen LogP contribution >= 0.6 is 11.6 Å². The summed E-state index contributed by atoms with van der Waals surface area (Å²) in [5.41, 5.74) is 2.80. The number of hydrogen-bond acceptors (Lipinski definition) is 3. The summed E-state index contributed by atoms with van der Waals surface area (Å²) in [4.78, 5) is 10.7. The minimum atomic E-state index is -0.341. The van der Waals surface area contributed by atoms with Crippen LogP contribution in [0.2, 0.25) is 5.02 Å². The molecule has 0 aliphatic rings. The zero-order valence-electron chi connectivity index (χ0n) is 12.8. The first kappa shape index (κ1) is 16.5. The van der Waals surface area contributed by atoms with Gasteiger partial charge in [0.1, 0.15) is 0 Å². The Kier molecular flexibility index (Phi) is 5.16. The molecule has 0 bridgehead atoms. The number of nitrogens with zero attached hydrogens (tertiary/aromatic N) is 1. The topological polar surface area (TPSA) is 55.2 Å². The van der Waals surface area contributed by atoms with Gasteiger partial charge in [0.15, 0.2) is 0 Å². The summed E-state index contributed by atoms with van der Waals surface area (Å²) in [5, 5.41) is 15.2. The summed E-state index contributed by atoms with van der Waals surface area (Å²) < 4.78 is 0. The standard InChI is InChI=1S/C17H19ClN2O2/c1-11-7-8-15(10-17(11)20(21)22)13(3)19-12(2)14-5-4-6-16(18)9-14/h4-10,12-13,19H,1-3H3. The Morgan fingerprint density at radius 2 is 1.73 bits per heavy atom. The van der Waals surface area contributed by atoms with Gasteiger partial charge in [-0.2, -0.15) is 0 Å². The predicted octanol–water partition coefficient (Wildman–Crippen LogP) is 4.97. The smallest absolute Gasteiger partial charge is 0.272 e. The molecular weight excluding hydrogens is 300 g/mol. The summed E-state index contributed by atoms with van der Waals surface area (Å²) in [6.07, 6.45) is 0. The highest BCUT2D eigenvalue weighted by molar-refractivity contribution is 6.30. The maximum atomic E-state index is 11.0. The van der Waals surface area contributed by atoms with Crippen molar-refractivity contribution >= 4 is 17.3 Å². The van der Waals surface area contributed by atoms with Crippen LogP contribution in [0.15, 0.2) is 42.5 Å². The SMILES string of the molecule is Cc1ccc(C(C)NC(C)c2cccc(Cl)c2)cc1[N+](=O)[O-]. The first-order chi connectivity index (χ1) is 10.4. The molecule has 5 heteroatoms. The normalized spacial score (nSPS) is 13.6. The molecule has 0 radical (unpaired) electrons. The molecule has 2 aromatic carbocycles. The highest BCUT2D eigenvalue weighted by Gasteiger charge is 2.16. The molecule has 0 amide bonds. The number of benzene rings is 2. The predicted molar refractivity (Wildman–Crippen MR) is 89.3 cm³/mol. The van der Waals surface area contributed by atoms with E-state index in [1.54, 1.807) is 19.1 Å². The van der Waals surface area contributed by atoms with Gasteiger partial charge in [0.25, 0.3) is 5.69 Å². The van der Waals surface area contributed by atoms with Crippen molar-refractivity contribution < 1.29 is 4.92 Å². The zero-order valence-corrected chi connectivity index (χ0v) is 13.6. The van der Waals surface area contributed by atoms with E-state index in [1.165, 1.54) is 0 Å². The van der Waals surface area contributed by atoms with E-state index in [9.17, 15) is 10.1 Å². The van der Waals surface area contributed by atoms with Crippen LogP contribution in [0.5, 0.6) is 0 Å². The molecule has 4 nitrogen and oxygen atoms in total. The molecule has 0 aliphatic heterocycles. The first-order valence-corrected chi connectivity index (χ1v) is 7.52. The molecule has 1 N–H and O–H groups in total. The van der Waals surface area contributed by atoms with E-state index < -0.39 is 0 Å². The van der Waals surface area contributed by atoms with E-state index in [0.29, 0.717) is 10.6 Å². The summed E-state index contributed by atoms with van der Waals surface area (Å²) in [5.74, 6) is 0. The fraction of sp³-hybridized carbons (Fsp3) is 0.294. The van der Waals surface area contributed by atoms with E-state index in [-0.39, 0.29) is 22.7 Å². The lowest BCUT2D eigenvalue weighted by Gasteiger charge is -2.21. The molecule has 2 atom stereocenters. The molecule has 116 valence electrons. The highest BCUT2D eigenvalue weighted by Crippen LogP contribution is 2.25. The molecule has 0 saturated heterocycles. The van der Waals surface area contributed by atoms with Crippen LogP contribution in [0.1, 0.15) is 42.6 Å². The van der Waals surface area contributed by atoms with E-state index in [2.05, 4.69) is 5.32 Å². The lowest BCUT2D eigenvalue weighted by atomic mass is 10.0.